The molecule has 3 aliphatic heterocycles. The summed E-state index contributed by atoms with van der Waals surface area (Å²) >= 11 is 0. The number of hydrogen-bond acceptors (Lipinski definition) is 9. The molecule has 6 aliphatic rings. The normalized spacial score (nSPS) is 37.2. The molecule has 7 rings (SSSR count). The molecule has 5 fully saturated rings. The molecule has 1 aromatic carbocycles. The van der Waals surface area contributed by atoms with Gasteiger partial charge in [-0.15, -0.1) is 0 Å². The minimum atomic E-state index is -0.793. The Morgan fingerprint density at radius 3 is 2.62 bits per heavy atom. The van der Waals surface area contributed by atoms with Gasteiger partial charge >= 0.3 is 0 Å². The van der Waals surface area contributed by atoms with Crippen molar-refractivity contribution in [3.8, 4) is 5.75 Å². The van der Waals surface area contributed by atoms with Crippen LogP contribution in [0.3, 0.4) is 0 Å². The summed E-state index contributed by atoms with van der Waals surface area (Å²) in [6, 6.07) is 6.59. The Balaban J connectivity index is 0.781. The molecule has 4 N–H and O–H groups in total. The van der Waals surface area contributed by atoms with Crippen molar-refractivity contribution < 1.29 is 29.6 Å². The molecule has 8 atom stereocenters. The van der Waals surface area contributed by atoms with Crippen LogP contribution in [0.1, 0.15) is 75.3 Å². The summed E-state index contributed by atoms with van der Waals surface area (Å²) < 4.78 is 12.3. The van der Waals surface area contributed by atoms with E-state index in [1.807, 2.05) is 12.1 Å². The van der Waals surface area contributed by atoms with E-state index < -0.39 is 12.2 Å². The van der Waals surface area contributed by atoms with Crippen molar-refractivity contribution in [3.63, 3.8) is 0 Å². The van der Waals surface area contributed by atoms with Crippen molar-refractivity contribution in [3.05, 3.63) is 29.3 Å². The molecular formula is C37H58N4O6. The summed E-state index contributed by atoms with van der Waals surface area (Å²) in [5.74, 6) is 2.50. The maximum Gasteiger partial charge on any atom is 0.234 e. The Morgan fingerprint density at radius 1 is 1.00 bits per heavy atom. The minimum Gasteiger partial charge on any atom is -0.508 e. The number of nitrogens with zero attached hydrogens (tertiary/aromatic N) is 3. The Bertz CT molecular complexity index is 1220. The van der Waals surface area contributed by atoms with Crippen LogP contribution in [-0.2, 0) is 20.7 Å². The Hall–Kier alpha value is -1.79. The number of phenolic OH excluding ortho intramolecular Hbond substituents is 1. The van der Waals surface area contributed by atoms with Gasteiger partial charge in [0.05, 0.1) is 31.5 Å². The van der Waals surface area contributed by atoms with Crippen LogP contribution in [0.2, 0.25) is 0 Å². The van der Waals surface area contributed by atoms with Gasteiger partial charge in [0.15, 0.2) is 0 Å². The molecular weight excluding hydrogens is 596 g/mol. The van der Waals surface area contributed by atoms with E-state index in [0.717, 1.165) is 65.0 Å². The van der Waals surface area contributed by atoms with Gasteiger partial charge in [0.2, 0.25) is 5.91 Å². The van der Waals surface area contributed by atoms with Crippen LogP contribution in [0.15, 0.2) is 18.2 Å². The highest BCUT2D eigenvalue weighted by Gasteiger charge is 2.55. The second-order valence-corrected chi connectivity index (χ2v) is 15.7. The number of aryl methyl sites for hydroxylation is 1. The standard InChI is InChI=1S/C37H58N4O6/c1-37-12-8-29-28-5-3-27(42)22-25(28)2-4-30(29)31(37)6-7-34(37)47-21-13-38-35(44)24-39-14-9-26(10-15-39)41-18-16-40(17-19-41)23-33-36(45)32(43)11-20-46-33/h3,5,22,26,29-34,36,42-43,45H,2,4,6-21,23-24H2,1H3,(H,38,44). The average molecular weight is 655 g/mol. The summed E-state index contributed by atoms with van der Waals surface area (Å²) in [6.45, 7) is 11.1. The highest BCUT2D eigenvalue weighted by atomic mass is 16.5. The van der Waals surface area contributed by atoms with Crippen molar-refractivity contribution in [2.24, 2.45) is 17.3 Å². The zero-order chi connectivity index (χ0) is 32.5. The molecule has 0 bridgehead atoms. The molecule has 10 nitrogen and oxygen atoms in total. The number of amides is 1. The maximum absolute atomic E-state index is 12.8. The number of piperazine rings is 1. The third-order valence-corrected chi connectivity index (χ3v) is 13.2. The summed E-state index contributed by atoms with van der Waals surface area (Å²) in [5.41, 5.74) is 3.04. The van der Waals surface area contributed by atoms with E-state index in [1.165, 1.54) is 36.8 Å². The van der Waals surface area contributed by atoms with Crippen LogP contribution in [0.5, 0.6) is 5.75 Å². The summed E-state index contributed by atoms with van der Waals surface area (Å²) in [4.78, 5) is 20.1. The highest BCUT2D eigenvalue weighted by Crippen LogP contribution is 2.61. The topological polar surface area (TPSA) is 118 Å². The number of likely N-dealkylation sites (tertiary alicyclic amines) is 1. The molecule has 10 heteroatoms. The number of carbonyl (C=O) groups is 1. The highest BCUT2D eigenvalue weighted by molar-refractivity contribution is 5.78. The van der Waals surface area contributed by atoms with Crippen molar-refractivity contribution in [2.75, 3.05) is 72.1 Å². The molecule has 3 aliphatic carbocycles. The molecule has 3 heterocycles. The van der Waals surface area contributed by atoms with Gasteiger partial charge in [0.1, 0.15) is 11.9 Å². The minimum absolute atomic E-state index is 0.0980. The SMILES string of the molecule is CC12CCC3c4ccc(O)cc4CCC3C1CCC2OCCNC(=O)CN1CCC(N2CCN(CC3OCCC(O)C3O)CC2)CC1. The molecule has 1 aromatic rings. The van der Waals surface area contributed by atoms with E-state index in [2.05, 4.69) is 33.0 Å². The molecule has 47 heavy (non-hydrogen) atoms. The number of aromatic hydroxyl groups is 1. The van der Waals surface area contributed by atoms with Crippen LogP contribution >= 0.6 is 0 Å². The molecule has 0 aromatic heterocycles. The molecule has 2 saturated carbocycles. The van der Waals surface area contributed by atoms with Crippen LogP contribution in [0, 0.1) is 17.3 Å². The molecule has 1 amide bonds. The fourth-order valence-electron chi connectivity index (χ4n) is 10.5. The van der Waals surface area contributed by atoms with E-state index >= 15 is 0 Å². The van der Waals surface area contributed by atoms with Gasteiger partial charge in [0.25, 0.3) is 0 Å². The first-order chi connectivity index (χ1) is 22.8. The number of hydrogen-bond donors (Lipinski definition) is 4. The number of carbonyl (C=O) groups excluding carboxylic acids is 1. The number of aliphatic hydroxyl groups is 2. The van der Waals surface area contributed by atoms with Gasteiger partial charge in [-0.2, -0.15) is 0 Å². The van der Waals surface area contributed by atoms with Crippen molar-refractivity contribution in [1.82, 2.24) is 20.0 Å². The third-order valence-electron chi connectivity index (χ3n) is 13.2. The number of aliphatic hydroxyl groups excluding tert-OH is 2. The second kappa shape index (κ2) is 14.6. The number of benzene rings is 1. The fourth-order valence-corrected chi connectivity index (χ4v) is 10.5. The van der Waals surface area contributed by atoms with E-state index in [-0.39, 0.29) is 23.5 Å². The summed E-state index contributed by atoms with van der Waals surface area (Å²) in [7, 11) is 0. The predicted octanol–water partition coefficient (Wildman–Crippen LogP) is 2.34. The number of fused-ring (bicyclic) bond motifs is 5. The van der Waals surface area contributed by atoms with Crippen molar-refractivity contribution >= 4 is 5.91 Å². The summed E-state index contributed by atoms with van der Waals surface area (Å²) in [5, 5.41) is 33.3. The lowest BCUT2D eigenvalue weighted by molar-refractivity contribution is -0.143. The molecule has 8 unspecified atom stereocenters. The first kappa shape index (κ1) is 33.7. The van der Waals surface area contributed by atoms with E-state index in [9.17, 15) is 20.1 Å². The average Bonchev–Trinajstić information content (AvgIpc) is 3.41. The quantitative estimate of drug-likeness (QED) is 0.298. The Morgan fingerprint density at radius 2 is 1.81 bits per heavy atom. The van der Waals surface area contributed by atoms with E-state index in [0.29, 0.717) is 68.8 Å². The second-order valence-electron chi connectivity index (χ2n) is 15.7. The molecule has 0 spiro atoms. The largest absolute Gasteiger partial charge is 0.508 e. The maximum atomic E-state index is 12.8. The number of rotatable bonds is 9. The van der Waals surface area contributed by atoms with Crippen LogP contribution in [0.4, 0.5) is 0 Å². The van der Waals surface area contributed by atoms with Crippen LogP contribution in [-0.4, -0.2) is 139 Å². The Kier molecular flexibility index (Phi) is 10.5. The smallest absolute Gasteiger partial charge is 0.234 e. The van der Waals surface area contributed by atoms with Gasteiger partial charge < -0.3 is 30.1 Å². The van der Waals surface area contributed by atoms with Gasteiger partial charge in [0, 0.05) is 65.0 Å². The van der Waals surface area contributed by atoms with Crippen molar-refractivity contribution in [2.45, 2.75) is 101 Å². The Labute approximate surface area is 280 Å². The van der Waals surface area contributed by atoms with Gasteiger partial charge in [-0.3, -0.25) is 19.5 Å². The lowest BCUT2D eigenvalue weighted by atomic mass is 9.55. The molecule has 0 radical (unpaired) electrons. The van der Waals surface area contributed by atoms with Gasteiger partial charge in [-0.25, -0.2) is 0 Å². The first-order valence-corrected chi connectivity index (χ1v) is 18.6. The van der Waals surface area contributed by atoms with E-state index in [1.54, 1.807) is 0 Å². The third kappa shape index (κ3) is 7.25. The molecule has 262 valence electrons. The van der Waals surface area contributed by atoms with Gasteiger partial charge in [-0.05, 0) is 104 Å². The summed E-state index contributed by atoms with van der Waals surface area (Å²) in [6.07, 6.45) is 8.20. The number of piperidine rings is 1. The fraction of sp³-hybridized carbons (Fsp3) is 0.811. The zero-order valence-corrected chi connectivity index (χ0v) is 28.4. The van der Waals surface area contributed by atoms with Gasteiger partial charge in [-0.1, -0.05) is 13.0 Å². The zero-order valence-electron chi connectivity index (χ0n) is 28.4. The first-order valence-electron chi connectivity index (χ1n) is 18.6. The monoisotopic (exact) mass is 654 g/mol. The predicted molar refractivity (Wildman–Crippen MR) is 179 cm³/mol. The lowest BCUT2D eigenvalue weighted by Crippen LogP contribution is -2.56. The number of phenols is 1. The lowest BCUT2D eigenvalue weighted by Gasteiger charge is -2.50. The van der Waals surface area contributed by atoms with Crippen molar-refractivity contribution in [1.29, 1.82) is 0 Å². The number of nitrogens with one attached hydrogen (secondary N) is 1. The van der Waals surface area contributed by atoms with Crippen LogP contribution in [0.25, 0.3) is 0 Å². The molecule has 3 saturated heterocycles. The van der Waals surface area contributed by atoms with E-state index in [4.69, 9.17) is 9.47 Å². The number of ether oxygens (including phenoxy) is 2. The van der Waals surface area contributed by atoms with Crippen LogP contribution < -0.4 is 5.32 Å².